The molecule has 0 unspecified atom stereocenters. The average molecular weight is 230 g/mol. The lowest BCUT2D eigenvalue weighted by Crippen LogP contribution is -2.37. The summed E-state index contributed by atoms with van der Waals surface area (Å²) in [6.07, 6.45) is -0.0878. The Hall–Kier alpha value is -1.60. The first-order valence-corrected chi connectivity index (χ1v) is 4.59. The zero-order chi connectivity index (χ0) is 11.9. The molecule has 1 saturated heterocycles. The molecular formula is C9H10O7. The molecule has 2 heterocycles. The summed E-state index contributed by atoms with van der Waals surface area (Å²) in [5.41, 5.74) is 0. The van der Waals surface area contributed by atoms with Crippen LogP contribution in [0.25, 0.3) is 0 Å². The molecule has 1 fully saturated rings. The van der Waals surface area contributed by atoms with E-state index >= 15 is 0 Å². The van der Waals surface area contributed by atoms with Gasteiger partial charge >= 0.3 is 11.9 Å². The Morgan fingerprint density at radius 2 is 2.12 bits per heavy atom. The summed E-state index contributed by atoms with van der Waals surface area (Å²) in [5, 5.41) is 17.6. The quantitative estimate of drug-likeness (QED) is 0.663. The van der Waals surface area contributed by atoms with E-state index in [1.165, 1.54) is 13.0 Å². The third-order valence-electron chi connectivity index (χ3n) is 2.42. The Bertz CT molecular complexity index is 374. The van der Waals surface area contributed by atoms with Gasteiger partial charge in [-0.15, -0.1) is 0 Å². The van der Waals surface area contributed by atoms with Gasteiger partial charge < -0.3 is 24.4 Å². The van der Waals surface area contributed by atoms with Gasteiger partial charge in [-0.25, -0.2) is 9.59 Å². The number of carbonyl (C=O) groups is 2. The fourth-order valence-corrected chi connectivity index (χ4v) is 1.59. The van der Waals surface area contributed by atoms with Crippen LogP contribution < -0.4 is 0 Å². The summed E-state index contributed by atoms with van der Waals surface area (Å²) in [6.45, 7) is 1.23. The second-order valence-electron chi connectivity index (χ2n) is 3.64. The number of carboxylic acids is 2. The van der Waals surface area contributed by atoms with Crippen LogP contribution in [0.2, 0.25) is 0 Å². The topological polar surface area (TPSA) is 102 Å². The summed E-state index contributed by atoms with van der Waals surface area (Å²) < 4.78 is 15.2. The smallest absolute Gasteiger partial charge is 0.370 e. The Morgan fingerprint density at radius 3 is 2.69 bits per heavy atom. The average Bonchev–Trinajstić information content (AvgIpc) is 2.54. The van der Waals surface area contributed by atoms with E-state index < -0.39 is 29.9 Å². The normalized spacial score (nSPS) is 37.2. The van der Waals surface area contributed by atoms with Gasteiger partial charge in [-0.2, -0.15) is 0 Å². The molecule has 0 bridgehead atoms. The molecule has 3 atom stereocenters. The Kier molecular flexibility index (Phi) is 2.36. The van der Waals surface area contributed by atoms with Crippen LogP contribution in [0, 0.1) is 0 Å². The second-order valence-corrected chi connectivity index (χ2v) is 3.64. The van der Waals surface area contributed by atoms with Crippen LogP contribution in [0.15, 0.2) is 11.8 Å². The third kappa shape index (κ3) is 1.63. The van der Waals surface area contributed by atoms with Crippen LogP contribution >= 0.6 is 0 Å². The number of rotatable bonds is 2. The van der Waals surface area contributed by atoms with Crippen molar-refractivity contribution < 1.29 is 34.0 Å². The second kappa shape index (κ2) is 3.46. The fraction of sp³-hybridized carbons (Fsp3) is 0.556. The van der Waals surface area contributed by atoms with Crippen LogP contribution in [0.3, 0.4) is 0 Å². The van der Waals surface area contributed by atoms with Crippen LogP contribution in [0.5, 0.6) is 0 Å². The highest BCUT2D eigenvalue weighted by molar-refractivity contribution is 5.84. The van der Waals surface area contributed by atoms with Crippen molar-refractivity contribution in [1.29, 1.82) is 0 Å². The minimum Gasteiger partial charge on any atom is -0.484 e. The van der Waals surface area contributed by atoms with E-state index in [1.807, 2.05) is 0 Å². The molecule has 0 radical (unpaired) electrons. The molecule has 0 aromatic rings. The highest BCUT2D eigenvalue weighted by Gasteiger charge is 2.51. The molecule has 0 spiro atoms. The van der Waals surface area contributed by atoms with Gasteiger partial charge in [0.2, 0.25) is 5.76 Å². The molecule has 2 aliphatic rings. The maximum absolute atomic E-state index is 10.9. The van der Waals surface area contributed by atoms with E-state index in [9.17, 15) is 9.59 Å². The SMILES string of the molecule is C[C@@]1(C(=O)O)O[C@H]2C=C(C(=O)O)OC[C@@H]2O1. The van der Waals surface area contributed by atoms with E-state index in [1.54, 1.807) is 0 Å². The maximum atomic E-state index is 10.9. The molecule has 0 amide bonds. The van der Waals surface area contributed by atoms with Crippen molar-refractivity contribution in [3.05, 3.63) is 11.8 Å². The third-order valence-corrected chi connectivity index (χ3v) is 2.42. The van der Waals surface area contributed by atoms with Crippen LogP contribution in [0.1, 0.15) is 6.92 Å². The molecule has 0 saturated carbocycles. The van der Waals surface area contributed by atoms with Crippen molar-refractivity contribution in [2.75, 3.05) is 6.61 Å². The van der Waals surface area contributed by atoms with Crippen LogP contribution in [0.4, 0.5) is 0 Å². The number of ether oxygens (including phenoxy) is 3. The molecule has 0 aromatic carbocycles. The first-order valence-electron chi connectivity index (χ1n) is 4.59. The summed E-state index contributed by atoms with van der Waals surface area (Å²) in [4.78, 5) is 21.5. The zero-order valence-electron chi connectivity index (χ0n) is 8.37. The van der Waals surface area contributed by atoms with Crippen molar-refractivity contribution in [3.8, 4) is 0 Å². The van der Waals surface area contributed by atoms with Gasteiger partial charge in [-0.1, -0.05) is 0 Å². The minimum absolute atomic E-state index is 0.0360. The highest BCUT2D eigenvalue weighted by atomic mass is 16.8. The van der Waals surface area contributed by atoms with Crippen molar-refractivity contribution in [2.24, 2.45) is 0 Å². The number of hydrogen-bond acceptors (Lipinski definition) is 5. The van der Waals surface area contributed by atoms with Crippen LogP contribution in [-0.4, -0.2) is 46.8 Å². The molecule has 16 heavy (non-hydrogen) atoms. The molecule has 7 heteroatoms. The number of hydrogen-bond donors (Lipinski definition) is 2. The maximum Gasteiger partial charge on any atom is 0.370 e. The first-order chi connectivity index (χ1) is 7.42. The Morgan fingerprint density at radius 1 is 1.44 bits per heavy atom. The van der Waals surface area contributed by atoms with E-state index in [-0.39, 0.29) is 12.4 Å². The molecule has 2 aliphatic heterocycles. The standard InChI is InChI=1S/C9H10O7/c1-9(8(12)13)15-4-2-5(7(10)11)14-3-6(4)16-9/h2,4,6H,3H2,1H3,(H,10,11)(H,12,13)/t4-,6-,9+/m0/s1. The molecule has 7 nitrogen and oxygen atoms in total. The Labute approximate surface area is 90.2 Å². The van der Waals surface area contributed by atoms with Gasteiger partial charge in [-0.05, 0) is 6.08 Å². The van der Waals surface area contributed by atoms with Crippen molar-refractivity contribution in [2.45, 2.75) is 24.9 Å². The van der Waals surface area contributed by atoms with E-state index in [2.05, 4.69) is 0 Å². The Balaban J connectivity index is 2.19. The molecule has 88 valence electrons. The van der Waals surface area contributed by atoms with E-state index in [0.29, 0.717) is 0 Å². The summed E-state index contributed by atoms with van der Waals surface area (Å²) in [6, 6.07) is 0. The van der Waals surface area contributed by atoms with Gasteiger partial charge in [0.05, 0.1) is 0 Å². The molecule has 2 N–H and O–H groups in total. The predicted molar refractivity (Wildman–Crippen MR) is 47.5 cm³/mol. The van der Waals surface area contributed by atoms with Crippen LogP contribution in [-0.2, 0) is 23.8 Å². The van der Waals surface area contributed by atoms with Crippen molar-refractivity contribution in [3.63, 3.8) is 0 Å². The number of fused-ring (bicyclic) bond motifs is 1. The van der Waals surface area contributed by atoms with E-state index in [0.717, 1.165) is 0 Å². The van der Waals surface area contributed by atoms with Gasteiger partial charge in [0.1, 0.15) is 18.8 Å². The zero-order valence-corrected chi connectivity index (χ0v) is 8.37. The number of carboxylic acid groups (broad SMARTS) is 2. The van der Waals surface area contributed by atoms with Crippen molar-refractivity contribution in [1.82, 2.24) is 0 Å². The highest BCUT2D eigenvalue weighted by Crippen LogP contribution is 2.33. The van der Waals surface area contributed by atoms with Gasteiger partial charge in [-0.3, -0.25) is 0 Å². The molecular weight excluding hydrogens is 220 g/mol. The summed E-state index contributed by atoms with van der Waals surface area (Å²) >= 11 is 0. The van der Waals surface area contributed by atoms with Crippen molar-refractivity contribution >= 4 is 11.9 Å². The predicted octanol–water partition coefficient (Wildman–Crippen LogP) is -0.430. The lowest BCUT2D eigenvalue weighted by atomic mass is 10.1. The van der Waals surface area contributed by atoms with Gasteiger partial charge in [0.25, 0.3) is 5.79 Å². The monoisotopic (exact) mass is 230 g/mol. The minimum atomic E-state index is -1.75. The largest absolute Gasteiger partial charge is 0.484 e. The van der Waals surface area contributed by atoms with E-state index in [4.69, 9.17) is 24.4 Å². The first kappa shape index (κ1) is 10.9. The molecule has 2 rings (SSSR count). The van der Waals surface area contributed by atoms with Gasteiger partial charge in [0.15, 0.2) is 0 Å². The summed E-state index contributed by atoms with van der Waals surface area (Å²) in [5.74, 6) is -4.47. The lowest BCUT2D eigenvalue weighted by molar-refractivity contribution is -0.201. The fourth-order valence-electron chi connectivity index (χ4n) is 1.59. The molecule has 0 aliphatic carbocycles. The van der Waals surface area contributed by atoms with Gasteiger partial charge in [0, 0.05) is 6.92 Å². The molecule has 0 aromatic heterocycles. The lowest BCUT2D eigenvalue weighted by Gasteiger charge is -2.20. The number of aliphatic carboxylic acids is 2. The summed E-state index contributed by atoms with van der Waals surface area (Å²) in [7, 11) is 0.